The van der Waals surface area contributed by atoms with Gasteiger partial charge in [0.1, 0.15) is 5.60 Å². The molecule has 1 N–H and O–H groups in total. The van der Waals surface area contributed by atoms with E-state index in [1.807, 2.05) is 0 Å². The molecule has 0 spiro atoms. The third-order valence-corrected chi connectivity index (χ3v) is 3.42. The second-order valence-electron chi connectivity index (χ2n) is 4.40. The zero-order valence-electron chi connectivity index (χ0n) is 8.62. The van der Waals surface area contributed by atoms with Crippen LogP contribution in [-0.2, 0) is 4.79 Å². The van der Waals surface area contributed by atoms with E-state index in [2.05, 4.69) is 6.92 Å². The van der Waals surface area contributed by atoms with Gasteiger partial charge in [-0.15, -0.1) is 0 Å². The molecule has 76 valence electrons. The van der Waals surface area contributed by atoms with Crippen molar-refractivity contribution < 1.29 is 9.90 Å². The molecule has 3 atom stereocenters. The second kappa shape index (κ2) is 4.23. The van der Waals surface area contributed by atoms with E-state index in [-0.39, 0.29) is 5.92 Å². The van der Waals surface area contributed by atoms with Crippen LogP contribution in [0.4, 0.5) is 0 Å². The van der Waals surface area contributed by atoms with Crippen molar-refractivity contribution in [2.75, 3.05) is 0 Å². The van der Waals surface area contributed by atoms with E-state index in [1.54, 1.807) is 6.92 Å². The summed E-state index contributed by atoms with van der Waals surface area (Å²) in [5.41, 5.74) is -1.10. The summed E-state index contributed by atoms with van der Waals surface area (Å²) in [7, 11) is 0. The fraction of sp³-hybridized carbons (Fsp3) is 0.909. The molecule has 0 amide bonds. The fourth-order valence-electron chi connectivity index (χ4n) is 2.55. The summed E-state index contributed by atoms with van der Waals surface area (Å²) in [6, 6.07) is 0. The van der Waals surface area contributed by atoms with Gasteiger partial charge in [-0.2, -0.15) is 0 Å². The Hall–Kier alpha value is -0.370. The van der Waals surface area contributed by atoms with E-state index in [4.69, 9.17) is 0 Å². The first-order chi connectivity index (χ1) is 6.11. The lowest BCUT2D eigenvalue weighted by Gasteiger charge is -2.37. The molecule has 0 saturated heterocycles. The standard InChI is InChI=1S/C11H20O2/c1-3-9-6-4-5-7-10(9)11(2,13)8-12/h8-10,13H,3-7H2,1-2H3. The van der Waals surface area contributed by atoms with Crippen molar-refractivity contribution in [2.24, 2.45) is 11.8 Å². The summed E-state index contributed by atoms with van der Waals surface area (Å²) in [6.07, 6.45) is 6.38. The quantitative estimate of drug-likeness (QED) is 0.682. The molecule has 1 rings (SSSR count). The van der Waals surface area contributed by atoms with Gasteiger partial charge in [0.2, 0.25) is 0 Å². The maximum atomic E-state index is 10.7. The molecule has 13 heavy (non-hydrogen) atoms. The van der Waals surface area contributed by atoms with Gasteiger partial charge in [-0.3, -0.25) is 0 Å². The SMILES string of the molecule is CCC1CCCCC1C(C)(O)C=O. The Balaban J connectivity index is 2.68. The van der Waals surface area contributed by atoms with Gasteiger partial charge in [-0.05, 0) is 25.2 Å². The number of aldehydes is 1. The predicted octanol–water partition coefficient (Wildman–Crippen LogP) is 2.15. The van der Waals surface area contributed by atoms with Gasteiger partial charge < -0.3 is 9.90 Å². The molecule has 0 aromatic carbocycles. The molecule has 2 nitrogen and oxygen atoms in total. The number of hydrogen-bond donors (Lipinski definition) is 1. The zero-order valence-corrected chi connectivity index (χ0v) is 8.62. The molecule has 1 aliphatic rings. The summed E-state index contributed by atoms with van der Waals surface area (Å²) in [4.78, 5) is 10.7. The van der Waals surface area contributed by atoms with E-state index in [0.29, 0.717) is 12.2 Å². The molecule has 1 aliphatic carbocycles. The Bertz CT molecular complexity index is 175. The summed E-state index contributed by atoms with van der Waals surface area (Å²) in [5.74, 6) is 0.720. The van der Waals surface area contributed by atoms with E-state index < -0.39 is 5.60 Å². The van der Waals surface area contributed by atoms with Crippen LogP contribution in [0.15, 0.2) is 0 Å². The number of carbonyl (C=O) groups excluding carboxylic acids is 1. The van der Waals surface area contributed by atoms with Crippen LogP contribution in [0.2, 0.25) is 0 Å². The van der Waals surface area contributed by atoms with Crippen molar-refractivity contribution in [1.82, 2.24) is 0 Å². The molecule has 1 fully saturated rings. The Morgan fingerprint density at radius 2 is 2.08 bits per heavy atom. The first kappa shape index (κ1) is 10.7. The Kier molecular flexibility index (Phi) is 3.48. The monoisotopic (exact) mass is 184 g/mol. The second-order valence-corrected chi connectivity index (χ2v) is 4.40. The van der Waals surface area contributed by atoms with Crippen molar-refractivity contribution in [2.45, 2.75) is 51.6 Å². The van der Waals surface area contributed by atoms with Crippen LogP contribution >= 0.6 is 0 Å². The minimum Gasteiger partial charge on any atom is -0.382 e. The summed E-state index contributed by atoms with van der Waals surface area (Å²) in [5, 5.41) is 9.88. The van der Waals surface area contributed by atoms with Crippen molar-refractivity contribution in [3.8, 4) is 0 Å². The molecule has 1 saturated carbocycles. The number of aliphatic hydroxyl groups is 1. The summed E-state index contributed by atoms with van der Waals surface area (Å²) in [6.45, 7) is 3.79. The summed E-state index contributed by atoms with van der Waals surface area (Å²) >= 11 is 0. The van der Waals surface area contributed by atoms with E-state index >= 15 is 0 Å². The Labute approximate surface area is 80.3 Å². The number of rotatable bonds is 3. The Morgan fingerprint density at radius 1 is 1.46 bits per heavy atom. The van der Waals surface area contributed by atoms with Crippen LogP contribution in [0.25, 0.3) is 0 Å². The minimum absolute atomic E-state index is 0.184. The van der Waals surface area contributed by atoms with Crippen LogP contribution in [0.1, 0.15) is 46.0 Å². The number of carbonyl (C=O) groups is 1. The van der Waals surface area contributed by atoms with Gasteiger partial charge in [0.25, 0.3) is 0 Å². The average molecular weight is 184 g/mol. The van der Waals surface area contributed by atoms with E-state index in [9.17, 15) is 9.90 Å². The lowest BCUT2D eigenvalue weighted by atomic mass is 9.70. The highest BCUT2D eigenvalue weighted by molar-refractivity contribution is 5.61. The first-order valence-corrected chi connectivity index (χ1v) is 5.30. The number of hydrogen-bond acceptors (Lipinski definition) is 2. The van der Waals surface area contributed by atoms with Crippen LogP contribution in [0.5, 0.6) is 0 Å². The van der Waals surface area contributed by atoms with E-state index in [1.165, 1.54) is 12.8 Å². The largest absolute Gasteiger partial charge is 0.382 e. The summed E-state index contributed by atoms with van der Waals surface area (Å²) < 4.78 is 0. The van der Waals surface area contributed by atoms with Gasteiger partial charge in [0.15, 0.2) is 6.29 Å². The maximum absolute atomic E-state index is 10.7. The molecule has 0 aliphatic heterocycles. The minimum atomic E-state index is -1.10. The average Bonchev–Trinajstić information content (AvgIpc) is 2.18. The normalized spacial score (nSPS) is 33.8. The van der Waals surface area contributed by atoms with Crippen LogP contribution in [-0.4, -0.2) is 17.0 Å². The third-order valence-electron chi connectivity index (χ3n) is 3.42. The molecule has 0 heterocycles. The molecule has 0 aromatic rings. The van der Waals surface area contributed by atoms with Gasteiger partial charge in [-0.1, -0.05) is 32.6 Å². The molecule has 0 radical (unpaired) electrons. The van der Waals surface area contributed by atoms with Crippen molar-refractivity contribution >= 4 is 6.29 Å². The lowest BCUT2D eigenvalue weighted by Crippen LogP contribution is -2.42. The fourth-order valence-corrected chi connectivity index (χ4v) is 2.55. The van der Waals surface area contributed by atoms with Crippen LogP contribution < -0.4 is 0 Å². The zero-order chi connectivity index (χ0) is 9.90. The molecule has 2 heteroatoms. The molecule has 0 bridgehead atoms. The van der Waals surface area contributed by atoms with Crippen LogP contribution in [0.3, 0.4) is 0 Å². The van der Waals surface area contributed by atoms with Crippen molar-refractivity contribution in [1.29, 1.82) is 0 Å². The Morgan fingerprint density at radius 3 is 2.62 bits per heavy atom. The molecular weight excluding hydrogens is 164 g/mol. The topological polar surface area (TPSA) is 37.3 Å². The smallest absolute Gasteiger partial charge is 0.151 e. The van der Waals surface area contributed by atoms with E-state index in [0.717, 1.165) is 19.3 Å². The predicted molar refractivity (Wildman–Crippen MR) is 52.4 cm³/mol. The highest BCUT2D eigenvalue weighted by Crippen LogP contribution is 2.38. The van der Waals surface area contributed by atoms with Crippen molar-refractivity contribution in [3.63, 3.8) is 0 Å². The van der Waals surface area contributed by atoms with Crippen LogP contribution in [0, 0.1) is 11.8 Å². The van der Waals surface area contributed by atoms with Gasteiger partial charge >= 0.3 is 0 Å². The highest BCUT2D eigenvalue weighted by atomic mass is 16.3. The first-order valence-electron chi connectivity index (χ1n) is 5.30. The highest BCUT2D eigenvalue weighted by Gasteiger charge is 2.37. The van der Waals surface area contributed by atoms with Gasteiger partial charge in [0.05, 0.1) is 0 Å². The maximum Gasteiger partial charge on any atom is 0.151 e. The lowest BCUT2D eigenvalue weighted by molar-refractivity contribution is -0.131. The molecule has 0 aromatic heterocycles. The van der Waals surface area contributed by atoms with Gasteiger partial charge in [0, 0.05) is 0 Å². The van der Waals surface area contributed by atoms with Crippen molar-refractivity contribution in [3.05, 3.63) is 0 Å². The molecule has 3 unspecified atom stereocenters. The molecular formula is C11H20O2. The third kappa shape index (κ3) is 2.31. The van der Waals surface area contributed by atoms with Gasteiger partial charge in [-0.25, -0.2) is 0 Å².